The van der Waals surface area contributed by atoms with Crippen molar-refractivity contribution in [3.8, 4) is 0 Å². The van der Waals surface area contributed by atoms with Crippen molar-refractivity contribution < 1.29 is 31.9 Å². The molecule has 0 atom stereocenters. The van der Waals surface area contributed by atoms with Crippen LogP contribution in [0.25, 0.3) is 0 Å². The second kappa shape index (κ2) is 9.23. The number of esters is 1. The fourth-order valence-electron chi connectivity index (χ4n) is 2.28. The van der Waals surface area contributed by atoms with Crippen molar-refractivity contribution in [3.05, 3.63) is 59.9 Å². The smallest absolute Gasteiger partial charge is 0.307 e. The van der Waals surface area contributed by atoms with Crippen LogP contribution in [0, 0.1) is 5.82 Å². The average molecular weight is 407 g/mol. The van der Waals surface area contributed by atoms with E-state index in [-0.39, 0.29) is 16.1 Å². The molecular weight excluding hydrogens is 389 g/mol. The zero-order chi connectivity index (χ0) is 20.7. The van der Waals surface area contributed by atoms with Crippen molar-refractivity contribution >= 4 is 33.2 Å². The number of anilines is 1. The molecule has 2 rings (SSSR count). The fourth-order valence-corrected chi connectivity index (χ4v) is 3.52. The van der Waals surface area contributed by atoms with Gasteiger partial charge in [0.05, 0.1) is 22.6 Å². The lowest BCUT2D eigenvalue weighted by atomic mass is 10.1. The highest BCUT2D eigenvalue weighted by Crippen LogP contribution is 2.16. The number of carbonyl (C=O) groups excluding carboxylic acids is 3. The molecular formula is C19H18FNO6S. The molecule has 148 valence electrons. The van der Waals surface area contributed by atoms with Gasteiger partial charge in [-0.1, -0.05) is 18.2 Å². The highest BCUT2D eigenvalue weighted by atomic mass is 32.2. The number of hydrogen-bond donors (Lipinski definition) is 1. The minimum atomic E-state index is -3.65. The van der Waals surface area contributed by atoms with Gasteiger partial charge in [0.2, 0.25) is 11.7 Å². The summed E-state index contributed by atoms with van der Waals surface area (Å²) in [6, 6.07) is 11.1. The van der Waals surface area contributed by atoms with Gasteiger partial charge < -0.3 is 10.1 Å². The second-order valence-corrected chi connectivity index (χ2v) is 7.95. The van der Waals surface area contributed by atoms with Crippen LogP contribution < -0.4 is 5.32 Å². The molecule has 1 N–H and O–H groups in total. The first-order chi connectivity index (χ1) is 13.2. The summed E-state index contributed by atoms with van der Waals surface area (Å²) in [7, 11) is -3.65. The van der Waals surface area contributed by atoms with E-state index in [9.17, 15) is 27.2 Å². The van der Waals surface area contributed by atoms with E-state index < -0.39 is 52.1 Å². The van der Waals surface area contributed by atoms with Crippen LogP contribution in [-0.2, 0) is 24.2 Å². The van der Waals surface area contributed by atoms with E-state index in [2.05, 4.69) is 5.32 Å². The highest BCUT2D eigenvalue weighted by Gasteiger charge is 2.19. The Kier molecular flexibility index (Phi) is 7.00. The van der Waals surface area contributed by atoms with Crippen LogP contribution in [0.3, 0.4) is 0 Å². The molecule has 0 unspecified atom stereocenters. The monoisotopic (exact) mass is 407 g/mol. The quantitative estimate of drug-likeness (QED) is 0.532. The molecule has 0 aliphatic heterocycles. The maximum atomic E-state index is 14.0. The van der Waals surface area contributed by atoms with E-state index in [1.807, 2.05) is 0 Å². The molecule has 0 heterocycles. The first kappa shape index (κ1) is 21.2. The van der Waals surface area contributed by atoms with Gasteiger partial charge in [0.1, 0.15) is 5.82 Å². The van der Waals surface area contributed by atoms with Gasteiger partial charge in [0.15, 0.2) is 16.4 Å². The molecule has 0 aliphatic rings. The first-order valence-electron chi connectivity index (χ1n) is 8.23. The van der Waals surface area contributed by atoms with Gasteiger partial charge >= 0.3 is 5.97 Å². The maximum absolute atomic E-state index is 14.0. The minimum Gasteiger partial charge on any atom is -0.457 e. The second-order valence-electron chi connectivity index (χ2n) is 5.84. The average Bonchev–Trinajstić information content (AvgIpc) is 2.65. The number of rotatable bonds is 8. The molecule has 0 fully saturated rings. The van der Waals surface area contributed by atoms with Crippen LogP contribution in [0.5, 0.6) is 0 Å². The standard InChI is InChI=1S/C19H18FNO6S/c1-13(22)21-14-7-8-16(17(20)11-14)18(23)12-27-19(24)9-10-28(25,26)15-5-3-2-4-6-15/h2-8,11H,9-10,12H2,1H3,(H,21,22). The third-order valence-corrected chi connectivity index (χ3v) is 5.36. The molecule has 28 heavy (non-hydrogen) atoms. The highest BCUT2D eigenvalue weighted by molar-refractivity contribution is 7.91. The number of ether oxygens (including phenoxy) is 1. The van der Waals surface area contributed by atoms with Crippen molar-refractivity contribution in [3.63, 3.8) is 0 Å². The number of nitrogens with one attached hydrogen (secondary N) is 1. The van der Waals surface area contributed by atoms with Gasteiger partial charge in [0.25, 0.3) is 0 Å². The van der Waals surface area contributed by atoms with E-state index in [4.69, 9.17) is 4.74 Å². The van der Waals surface area contributed by atoms with Crippen molar-refractivity contribution in [1.82, 2.24) is 0 Å². The molecule has 0 saturated carbocycles. The first-order valence-corrected chi connectivity index (χ1v) is 9.88. The van der Waals surface area contributed by atoms with Crippen molar-refractivity contribution in [2.45, 2.75) is 18.2 Å². The Hall–Kier alpha value is -3.07. The summed E-state index contributed by atoms with van der Waals surface area (Å²) in [5.41, 5.74) is -0.122. The molecule has 0 aliphatic carbocycles. The summed E-state index contributed by atoms with van der Waals surface area (Å²) >= 11 is 0. The number of hydrogen-bond acceptors (Lipinski definition) is 6. The molecule has 0 aromatic heterocycles. The SMILES string of the molecule is CC(=O)Nc1ccc(C(=O)COC(=O)CCS(=O)(=O)c2ccccc2)c(F)c1. The Labute approximate surface area is 161 Å². The van der Waals surface area contributed by atoms with Gasteiger partial charge in [-0.15, -0.1) is 0 Å². The number of sulfone groups is 1. The molecule has 2 aromatic carbocycles. The van der Waals surface area contributed by atoms with E-state index >= 15 is 0 Å². The van der Waals surface area contributed by atoms with Crippen LogP contribution >= 0.6 is 0 Å². The van der Waals surface area contributed by atoms with Crippen LogP contribution in [-0.4, -0.2) is 38.4 Å². The predicted molar refractivity (Wildman–Crippen MR) is 99.1 cm³/mol. The number of Topliss-reactive ketones (excluding diaryl/α,β-unsaturated/α-hetero) is 1. The van der Waals surface area contributed by atoms with E-state index in [0.29, 0.717) is 0 Å². The molecule has 0 saturated heterocycles. The molecule has 2 aromatic rings. The Bertz CT molecular complexity index is 989. The zero-order valence-electron chi connectivity index (χ0n) is 15.0. The molecule has 0 radical (unpaired) electrons. The van der Waals surface area contributed by atoms with E-state index in [1.165, 1.54) is 25.1 Å². The summed E-state index contributed by atoms with van der Waals surface area (Å²) in [5.74, 6) is -3.41. The van der Waals surface area contributed by atoms with Crippen LogP contribution in [0.1, 0.15) is 23.7 Å². The topological polar surface area (TPSA) is 107 Å². The molecule has 0 spiro atoms. The Balaban J connectivity index is 1.89. The number of carbonyl (C=O) groups is 3. The largest absolute Gasteiger partial charge is 0.457 e. The molecule has 0 bridgehead atoms. The van der Waals surface area contributed by atoms with Crippen molar-refractivity contribution in [2.75, 3.05) is 17.7 Å². The molecule has 7 nitrogen and oxygen atoms in total. The number of ketones is 1. The third kappa shape index (κ3) is 5.98. The fraction of sp³-hybridized carbons (Fsp3) is 0.211. The van der Waals surface area contributed by atoms with Gasteiger partial charge in [-0.25, -0.2) is 12.8 Å². The number of amides is 1. The Morgan fingerprint density at radius 3 is 2.36 bits per heavy atom. The van der Waals surface area contributed by atoms with Crippen molar-refractivity contribution in [2.24, 2.45) is 0 Å². The summed E-state index contributed by atoms with van der Waals surface area (Å²) in [5, 5.41) is 2.37. The molecule has 1 amide bonds. The Morgan fingerprint density at radius 2 is 1.75 bits per heavy atom. The Morgan fingerprint density at radius 1 is 1.07 bits per heavy atom. The van der Waals surface area contributed by atoms with E-state index in [0.717, 1.165) is 12.1 Å². The summed E-state index contributed by atoms with van der Waals surface area (Å²) in [6.07, 6.45) is -0.436. The summed E-state index contributed by atoms with van der Waals surface area (Å²) in [6.45, 7) is 0.537. The lowest BCUT2D eigenvalue weighted by molar-refractivity contribution is -0.142. The molecule has 9 heteroatoms. The van der Waals surface area contributed by atoms with Crippen LogP contribution in [0.4, 0.5) is 10.1 Å². The minimum absolute atomic E-state index is 0.0835. The summed E-state index contributed by atoms with van der Waals surface area (Å²) in [4.78, 5) is 34.8. The lowest BCUT2D eigenvalue weighted by Crippen LogP contribution is -2.18. The van der Waals surface area contributed by atoms with Gasteiger partial charge in [-0.05, 0) is 30.3 Å². The lowest BCUT2D eigenvalue weighted by Gasteiger charge is -2.08. The summed E-state index contributed by atoms with van der Waals surface area (Å²) < 4.78 is 42.9. The zero-order valence-corrected chi connectivity index (χ0v) is 15.8. The normalized spacial score (nSPS) is 10.9. The third-order valence-electron chi connectivity index (χ3n) is 3.63. The van der Waals surface area contributed by atoms with Crippen LogP contribution in [0.2, 0.25) is 0 Å². The predicted octanol–water partition coefficient (Wildman–Crippen LogP) is 2.37. The van der Waals surface area contributed by atoms with E-state index in [1.54, 1.807) is 18.2 Å². The van der Waals surface area contributed by atoms with Crippen LogP contribution in [0.15, 0.2) is 53.4 Å². The van der Waals surface area contributed by atoms with Gasteiger partial charge in [-0.2, -0.15) is 0 Å². The van der Waals surface area contributed by atoms with Crippen molar-refractivity contribution in [1.29, 1.82) is 0 Å². The maximum Gasteiger partial charge on any atom is 0.307 e. The van der Waals surface area contributed by atoms with Gasteiger partial charge in [-0.3, -0.25) is 14.4 Å². The number of benzene rings is 2. The number of halogens is 1. The van der Waals surface area contributed by atoms with Gasteiger partial charge in [0, 0.05) is 12.6 Å².